The summed E-state index contributed by atoms with van der Waals surface area (Å²) < 4.78 is 20.8. The zero-order valence-corrected chi connectivity index (χ0v) is 16.5. The minimum atomic E-state index is 0.327. The third kappa shape index (κ3) is 4.24. The van der Waals surface area contributed by atoms with E-state index >= 15 is 0 Å². The van der Waals surface area contributed by atoms with E-state index in [9.17, 15) is 0 Å². The van der Waals surface area contributed by atoms with E-state index < -0.39 is 0 Å². The van der Waals surface area contributed by atoms with Gasteiger partial charge >= 0.3 is 0 Å². The van der Waals surface area contributed by atoms with Gasteiger partial charge in [-0.05, 0) is 18.2 Å². The standard InChI is InChI=1S/C20H19ClN4O4/c1-26-6-7-27-8-9-28-13-2-3-15-17(10-13)23-12-24-19(15)16-11-22-20-14(16)4-5-18(25-20)29-21/h2-5,10-12H,6-9H2,1H3,(H,22,25). The molecule has 0 bridgehead atoms. The van der Waals surface area contributed by atoms with Crippen LogP contribution in [0.4, 0.5) is 0 Å². The van der Waals surface area contributed by atoms with Crippen LogP contribution in [-0.4, -0.2) is 53.5 Å². The molecule has 0 aliphatic carbocycles. The molecule has 4 aromatic rings. The molecule has 9 heteroatoms. The van der Waals surface area contributed by atoms with Gasteiger partial charge in [-0.2, -0.15) is 4.98 Å². The first-order chi connectivity index (χ1) is 14.3. The summed E-state index contributed by atoms with van der Waals surface area (Å²) in [5.41, 5.74) is 3.17. The Morgan fingerprint density at radius 3 is 2.72 bits per heavy atom. The van der Waals surface area contributed by atoms with Crippen molar-refractivity contribution in [1.82, 2.24) is 19.9 Å². The van der Waals surface area contributed by atoms with Gasteiger partial charge in [0.05, 0.1) is 31.0 Å². The smallest absolute Gasteiger partial charge is 0.238 e. The highest BCUT2D eigenvalue weighted by atomic mass is 35.5. The molecule has 150 valence electrons. The van der Waals surface area contributed by atoms with E-state index in [-0.39, 0.29) is 0 Å². The van der Waals surface area contributed by atoms with Gasteiger partial charge < -0.3 is 23.5 Å². The first-order valence-electron chi connectivity index (χ1n) is 9.01. The minimum absolute atomic E-state index is 0.327. The number of benzene rings is 1. The summed E-state index contributed by atoms with van der Waals surface area (Å²) in [4.78, 5) is 16.3. The van der Waals surface area contributed by atoms with Gasteiger partial charge in [-0.1, -0.05) is 0 Å². The van der Waals surface area contributed by atoms with E-state index in [4.69, 9.17) is 26.1 Å². The minimum Gasteiger partial charge on any atom is -0.491 e. The molecule has 0 radical (unpaired) electrons. The number of hydrogen-bond acceptors (Lipinski definition) is 7. The van der Waals surface area contributed by atoms with E-state index in [2.05, 4.69) is 24.2 Å². The van der Waals surface area contributed by atoms with E-state index in [1.54, 1.807) is 13.2 Å². The van der Waals surface area contributed by atoms with Crippen molar-refractivity contribution in [3.63, 3.8) is 0 Å². The van der Waals surface area contributed by atoms with E-state index in [1.165, 1.54) is 6.33 Å². The molecule has 0 saturated heterocycles. The average molecular weight is 415 g/mol. The molecule has 3 aromatic heterocycles. The van der Waals surface area contributed by atoms with Crippen molar-refractivity contribution in [2.24, 2.45) is 0 Å². The van der Waals surface area contributed by atoms with Crippen LogP contribution in [0.15, 0.2) is 42.9 Å². The Bertz CT molecular complexity index is 1120. The summed E-state index contributed by atoms with van der Waals surface area (Å²) in [5.74, 6) is 1.05. The van der Waals surface area contributed by atoms with E-state index in [0.717, 1.165) is 33.3 Å². The van der Waals surface area contributed by atoms with E-state index in [1.807, 2.05) is 30.5 Å². The van der Waals surface area contributed by atoms with Gasteiger partial charge in [0.25, 0.3) is 0 Å². The number of aromatic amines is 1. The number of fused-ring (bicyclic) bond motifs is 2. The van der Waals surface area contributed by atoms with Gasteiger partial charge in [0.1, 0.15) is 36.2 Å². The molecule has 0 fully saturated rings. The van der Waals surface area contributed by atoms with Crippen molar-refractivity contribution in [3.8, 4) is 22.9 Å². The summed E-state index contributed by atoms with van der Waals surface area (Å²) in [7, 11) is 1.64. The number of rotatable bonds is 9. The largest absolute Gasteiger partial charge is 0.491 e. The Balaban J connectivity index is 1.57. The number of hydrogen-bond donors (Lipinski definition) is 1. The van der Waals surface area contributed by atoms with Crippen LogP contribution in [0.2, 0.25) is 0 Å². The molecule has 0 aliphatic rings. The van der Waals surface area contributed by atoms with Crippen molar-refractivity contribution in [2.45, 2.75) is 0 Å². The maximum Gasteiger partial charge on any atom is 0.238 e. The number of H-pyrrole nitrogens is 1. The van der Waals surface area contributed by atoms with Gasteiger partial charge in [0.15, 0.2) is 0 Å². The van der Waals surface area contributed by atoms with Gasteiger partial charge in [0.2, 0.25) is 5.88 Å². The summed E-state index contributed by atoms with van der Waals surface area (Å²) in [5, 5.41) is 1.82. The van der Waals surface area contributed by atoms with Crippen LogP contribution in [0.3, 0.4) is 0 Å². The van der Waals surface area contributed by atoms with Crippen LogP contribution in [0.1, 0.15) is 0 Å². The summed E-state index contributed by atoms with van der Waals surface area (Å²) >= 11 is 5.39. The zero-order valence-electron chi connectivity index (χ0n) is 15.7. The van der Waals surface area contributed by atoms with Crippen LogP contribution >= 0.6 is 11.9 Å². The van der Waals surface area contributed by atoms with Crippen LogP contribution in [0.25, 0.3) is 33.2 Å². The Kier molecular flexibility index (Phi) is 6.04. The molecular formula is C20H19ClN4O4. The van der Waals surface area contributed by atoms with Crippen molar-refractivity contribution in [3.05, 3.63) is 42.9 Å². The molecule has 1 N–H and O–H groups in total. The Morgan fingerprint density at radius 1 is 1.00 bits per heavy atom. The second-order valence-corrected chi connectivity index (χ2v) is 6.33. The lowest BCUT2D eigenvalue weighted by Crippen LogP contribution is -2.10. The Hall–Kier alpha value is -2.94. The van der Waals surface area contributed by atoms with Crippen LogP contribution < -0.4 is 9.03 Å². The monoisotopic (exact) mass is 414 g/mol. The number of halogens is 1. The third-order valence-electron chi connectivity index (χ3n) is 4.38. The molecule has 0 aliphatic heterocycles. The third-order valence-corrected chi connectivity index (χ3v) is 4.54. The Labute approximate surface area is 171 Å². The van der Waals surface area contributed by atoms with Crippen molar-refractivity contribution in [1.29, 1.82) is 0 Å². The second kappa shape index (κ2) is 9.04. The van der Waals surface area contributed by atoms with Crippen LogP contribution in [-0.2, 0) is 9.47 Å². The molecule has 0 saturated carbocycles. The highest BCUT2D eigenvalue weighted by Crippen LogP contribution is 2.33. The first-order valence-corrected chi connectivity index (χ1v) is 9.32. The molecule has 0 spiro atoms. The topological polar surface area (TPSA) is 91.4 Å². The lowest BCUT2D eigenvalue weighted by Gasteiger charge is -2.09. The number of nitrogens with one attached hydrogen (secondary N) is 1. The van der Waals surface area contributed by atoms with Gasteiger partial charge in [-0.25, -0.2) is 9.97 Å². The molecule has 4 rings (SSSR count). The van der Waals surface area contributed by atoms with Crippen molar-refractivity contribution >= 4 is 33.8 Å². The molecular weight excluding hydrogens is 396 g/mol. The molecule has 8 nitrogen and oxygen atoms in total. The molecule has 3 heterocycles. The van der Waals surface area contributed by atoms with Crippen LogP contribution in [0, 0.1) is 0 Å². The lowest BCUT2D eigenvalue weighted by atomic mass is 10.1. The van der Waals surface area contributed by atoms with Gasteiger partial charge in [0, 0.05) is 41.8 Å². The normalized spacial score (nSPS) is 11.2. The highest BCUT2D eigenvalue weighted by Gasteiger charge is 2.13. The summed E-state index contributed by atoms with van der Waals surface area (Å²) in [6, 6.07) is 9.34. The number of ether oxygens (including phenoxy) is 3. The maximum atomic E-state index is 5.75. The number of methoxy groups -OCH3 is 1. The van der Waals surface area contributed by atoms with E-state index in [0.29, 0.717) is 38.0 Å². The fourth-order valence-corrected chi connectivity index (χ4v) is 3.12. The number of pyridine rings is 1. The first kappa shape index (κ1) is 19.4. The van der Waals surface area contributed by atoms with Crippen molar-refractivity contribution < 1.29 is 18.5 Å². The molecule has 1 aromatic carbocycles. The second-order valence-electron chi connectivity index (χ2n) is 6.18. The molecule has 0 amide bonds. The molecule has 0 unspecified atom stereocenters. The molecule has 0 atom stereocenters. The zero-order chi connectivity index (χ0) is 20.1. The lowest BCUT2D eigenvalue weighted by molar-refractivity contribution is 0.0544. The number of aromatic nitrogens is 4. The molecule has 29 heavy (non-hydrogen) atoms. The maximum absolute atomic E-state index is 5.75. The highest BCUT2D eigenvalue weighted by molar-refractivity contribution is 6.09. The van der Waals surface area contributed by atoms with Crippen LogP contribution in [0.5, 0.6) is 11.6 Å². The van der Waals surface area contributed by atoms with Gasteiger partial charge in [-0.3, -0.25) is 0 Å². The quantitative estimate of drug-likeness (QED) is 0.417. The fraction of sp³-hybridized carbons (Fsp3) is 0.250. The van der Waals surface area contributed by atoms with Gasteiger partial charge in [-0.15, -0.1) is 0 Å². The van der Waals surface area contributed by atoms with Crippen molar-refractivity contribution in [2.75, 3.05) is 33.5 Å². The summed E-state index contributed by atoms with van der Waals surface area (Å²) in [6.07, 6.45) is 3.40. The Morgan fingerprint density at radius 2 is 1.86 bits per heavy atom. The SMILES string of the molecule is COCCOCCOc1ccc2c(-c3c[nH]c4nc(OCl)ccc34)ncnc2c1. The predicted octanol–water partition coefficient (Wildman–Crippen LogP) is 3.75. The predicted molar refractivity (Wildman–Crippen MR) is 109 cm³/mol. The summed E-state index contributed by atoms with van der Waals surface area (Å²) in [6.45, 7) is 2.06. The average Bonchev–Trinajstić information content (AvgIpc) is 3.18. The fourth-order valence-electron chi connectivity index (χ4n) is 3.03. The number of nitrogens with zero attached hydrogens (tertiary/aromatic N) is 3.